The Balaban J connectivity index is 1.54. The number of aromatic nitrogens is 1. The Morgan fingerprint density at radius 3 is 2.37 bits per heavy atom. The molecule has 3 aromatic carbocycles. The summed E-state index contributed by atoms with van der Waals surface area (Å²) in [5.74, 6) is 1.32. The van der Waals surface area contributed by atoms with E-state index in [1.807, 2.05) is 44.2 Å². The quantitative estimate of drug-likeness (QED) is 0.173. The van der Waals surface area contributed by atoms with Gasteiger partial charge in [0.25, 0.3) is 17.2 Å². The van der Waals surface area contributed by atoms with E-state index in [2.05, 4.69) is 0 Å². The number of allylic oxidation sites excluding steroid dienone is 1. The van der Waals surface area contributed by atoms with Crippen molar-refractivity contribution in [1.82, 2.24) is 9.47 Å². The first-order chi connectivity index (χ1) is 22.2. The zero-order chi connectivity index (χ0) is 33.0. The molecule has 11 nitrogen and oxygen atoms in total. The first-order valence-electron chi connectivity index (χ1n) is 14.7. The highest BCUT2D eigenvalue weighted by Crippen LogP contribution is 2.36. The van der Waals surface area contributed by atoms with E-state index >= 15 is 0 Å². The topological polar surface area (TPSA) is 126 Å². The molecule has 0 spiro atoms. The molecule has 0 radical (unpaired) electrons. The number of thiazole rings is 1. The van der Waals surface area contributed by atoms with E-state index in [0.29, 0.717) is 62.1 Å². The number of nitro benzene ring substituents is 1. The average Bonchev–Trinajstić information content (AvgIpc) is 3.37. The third kappa shape index (κ3) is 6.29. The van der Waals surface area contributed by atoms with Gasteiger partial charge in [-0.15, -0.1) is 0 Å². The van der Waals surface area contributed by atoms with E-state index in [4.69, 9.17) is 19.2 Å². The van der Waals surface area contributed by atoms with Crippen molar-refractivity contribution in [2.24, 2.45) is 4.99 Å². The Labute approximate surface area is 269 Å². The normalized spacial score (nSPS) is 14.4. The van der Waals surface area contributed by atoms with E-state index in [1.165, 1.54) is 30.6 Å². The molecule has 0 saturated heterocycles. The molecular formula is C34H34N4O7S. The minimum absolute atomic E-state index is 0.00654. The van der Waals surface area contributed by atoms with Gasteiger partial charge >= 0.3 is 0 Å². The first kappa shape index (κ1) is 32.2. The lowest BCUT2D eigenvalue weighted by Crippen LogP contribution is -2.43. The summed E-state index contributed by atoms with van der Waals surface area (Å²) in [5, 5.41) is 10.9. The van der Waals surface area contributed by atoms with Crippen LogP contribution >= 0.6 is 11.3 Å². The zero-order valence-corrected chi connectivity index (χ0v) is 27.0. The molecule has 1 aliphatic heterocycles. The molecule has 4 aromatic rings. The molecule has 1 aromatic heterocycles. The van der Waals surface area contributed by atoms with Crippen LogP contribution in [-0.2, 0) is 11.4 Å². The van der Waals surface area contributed by atoms with Crippen LogP contribution in [0.1, 0.15) is 43.5 Å². The number of para-hydroxylation sites is 1. The van der Waals surface area contributed by atoms with Gasteiger partial charge in [0.15, 0.2) is 16.3 Å². The Hall–Kier alpha value is -5.23. The minimum Gasteiger partial charge on any atom is -0.496 e. The number of carbonyl (C=O) groups is 1. The van der Waals surface area contributed by atoms with Crippen molar-refractivity contribution in [2.45, 2.75) is 33.4 Å². The van der Waals surface area contributed by atoms with Crippen molar-refractivity contribution in [3.63, 3.8) is 0 Å². The van der Waals surface area contributed by atoms with Gasteiger partial charge < -0.3 is 19.1 Å². The molecule has 1 aliphatic rings. The molecule has 0 saturated carbocycles. The number of rotatable bonds is 11. The average molecular weight is 643 g/mol. The number of nitrogens with zero attached hydrogens (tertiary/aromatic N) is 4. The Morgan fingerprint density at radius 2 is 1.72 bits per heavy atom. The number of likely N-dealkylation sites (N-methyl/N-ethyl adjacent to an activating group) is 1. The second-order valence-corrected chi connectivity index (χ2v) is 11.4. The second-order valence-electron chi connectivity index (χ2n) is 10.4. The number of non-ortho nitro benzene ring substituents is 1. The predicted octanol–water partition coefficient (Wildman–Crippen LogP) is 4.61. The number of nitro groups is 1. The number of fused-ring (bicyclic) bond motifs is 1. The monoisotopic (exact) mass is 642 g/mol. The third-order valence-corrected chi connectivity index (χ3v) is 8.75. The third-order valence-electron chi connectivity index (χ3n) is 7.76. The van der Waals surface area contributed by atoms with Crippen molar-refractivity contribution in [3.05, 3.63) is 124 Å². The minimum atomic E-state index is -0.729. The maximum atomic E-state index is 14.1. The fourth-order valence-electron chi connectivity index (χ4n) is 5.38. The molecule has 0 aliphatic carbocycles. The van der Waals surface area contributed by atoms with Crippen LogP contribution < -0.4 is 29.1 Å². The number of amides is 1. The number of hydrogen-bond acceptors (Lipinski definition) is 9. The van der Waals surface area contributed by atoms with Crippen molar-refractivity contribution in [3.8, 4) is 17.2 Å². The fourth-order valence-corrected chi connectivity index (χ4v) is 6.43. The number of ether oxygens (including phenoxy) is 3. The Kier molecular flexibility index (Phi) is 9.67. The van der Waals surface area contributed by atoms with Gasteiger partial charge in [-0.05, 0) is 68.3 Å². The molecule has 46 heavy (non-hydrogen) atoms. The lowest BCUT2D eigenvalue weighted by Gasteiger charge is -2.29. The van der Waals surface area contributed by atoms with Gasteiger partial charge in [0.05, 0.1) is 34.9 Å². The Morgan fingerprint density at radius 1 is 1.02 bits per heavy atom. The summed E-state index contributed by atoms with van der Waals surface area (Å²) in [6.07, 6.45) is 1.76. The Bertz CT molecular complexity index is 1990. The van der Waals surface area contributed by atoms with Crippen LogP contribution in [0.15, 0.2) is 87.8 Å². The van der Waals surface area contributed by atoms with Gasteiger partial charge in [-0.2, -0.15) is 0 Å². The van der Waals surface area contributed by atoms with Gasteiger partial charge in [0.2, 0.25) is 0 Å². The summed E-state index contributed by atoms with van der Waals surface area (Å²) in [7, 11) is 3.09. The van der Waals surface area contributed by atoms with Crippen LogP contribution in [0.2, 0.25) is 0 Å². The van der Waals surface area contributed by atoms with E-state index in [1.54, 1.807) is 53.8 Å². The molecule has 0 fully saturated rings. The molecule has 1 atom stereocenters. The van der Waals surface area contributed by atoms with Crippen molar-refractivity contribution >= 4 is 29.0 Å². The fraction of sp³-hybridized carbons (Fsp3) is 0.265. The van der Waals surface area contributed by atoms with Gasteiger partial charge in [-0.25, -0.2) is 4.99 Å². The highest BCUT2D eigenvalue weighted by Gasteiger charge is 2.35. The first-order valence-corrected chi connectivity index (χ1v) is 15.5. The van der Waals surface area contributed by atoms with Crippen LogP contribution in [0, 0.1) is 10.1 Å². The summed E-state index contributed by atoms with van der Waals surface area (Å²) < 4.78 is 19.2. The summed E-state index contributed by atoms with van der Waals surface area (Å²) in [5.41, 5.74) is 2.87. The smallest absolute Gasteiger partial charge is 0.271 e. The van der Waals surface area contributed by atoms with Gasteiger partial charge in [-0.1, -0.05) is 35.6 Å². The molecule has 0 unspecified atom stereocenters. The maximum Gasteiger partial charge on any atom is 0.271 e. The number of benzene rings is 3. The van der Waals surface area contributed by atoms with Crippen molar-refractivity contribution in [2.75, 3.05) is 27.3 Å². The summed E-state index contributed by atoms with van der Waals surface area (Å²) in [6, 6.07) is 18.1. The molecule has 0 N–H and O–H groups in total. The lowest BCUT2D eigenvalue weighted by molar-refractivity contribution is -0.384. The molecule has 238 valence electrons. The van der Waals surface area contributed by atoms with E-state index in [-0.39, 0.29) is 23.8 Å². The summed E-state index contributed by atoms with van der Waals surface area (Å²) >= 11 is 1.24. The van der Waals surface area contributed by atoms with Gasteiger partial charge in [0.1, 0.15) is 18.4 Å². The van der Waals surface area contributed by atoms with Crippen molar-refractivity contribution < 1.29 is 23.9 Å². The van der Waals surface area contributed by atoms with Crippen molar-refractivity contribution in [1.29, 1.82) is 0 Å². The van der Waals surface area contributed by atoms with Crippen LogP contribution in [-0.4, -0.2) is 47.6 Å². The zero-order valence-electron chi connectivity index (χ0n) is 26.2. The van der Waals surface area contributed by atoms with Crippen LogP contribution in [0.25, 0.3) is 6.08 Å². The largest absolute Gasteiger partial charge is 0.496 e. The number of methoxy groups -OCH3 is 2. The van der Waals surface area contributed by atoms with E-state index in [9.17, 15) is 19.7 Å². The predicted molar refractivity (Wildman–Crippen MR) is 175 cm³/mol. The number of hydrogen-bond donors (Lipinski definition) is 0. The van der Waals surface area contributed by atoms with E-state index < -0.39 is 11.0 Å². The molecular weight excluding hydrogens is 608 g/mol. The van der Waals surface area contributed by atoms with E-state index in [0.717, 1.165) is 5.56 Å². The SMILES string of the molecule is CCN(CC)C(=O)C1=C(C)N=c2s/c(=C/c3ccc(OCc4ccc([N+](=O)[O-])cc4)c(OC)c3)c(=O)n2[C@H]1c1ccccc1OC. The molecule has 2 heterocycles. The van der Waals surface area contributed by atoms with Gasteiger partial charge in [0, 0.05) is 30.8 Å². The molecule has 12 heteroatoms. The summed E-state index contributed by atoms with van der Waals surface area (Å²) in [4.78, 5) is 45.4. The number of carbonyl (C=O) groups excluding carboxylic acids is 1. The summed E-state index contributed by atoms with van der Waals surface area (Å²) in [6.45, 7) is 6.87. The maximum absolute atomic E-state index is 14.1. The van der Waals surface area contributed by atoms with Crippen LogP contribution in [0.5, 0.6) is 17.2 Å². The van der Waals surface area contributed by atoms with Gasteiger partial charge in [-0.3, -0.25) is 24.3 Å². The highest BCUT2D eigenvalue weighted by molar-refractivity contribution is 7.07. The van der Waals surface area contributed by atoms with Crippen LogP contribution in [0.3, 0.4) is 0 Å². The molecule has 0 bridgehead atoms. The van der Waals surface area contributed by atoms with Crippen LogP contribution in [0.4, 0.5) is 5.69 Å². The molecule has 5 rings (SSSR count). The lowest BCUT2D eigenvalue weighted by atomic mass is 9.94. The standard InChI is InChI=1S/C34H34N4O7S/c1-6-36(7-2)33(40)30-21(3)35-34-37(31(30)25-10-8-9-11-26(25)43-4)32(39)29(46-34)19-23-14-17-27(28(18-23)44-5)45-20-22-12-15-24(16-13-22)38(41)42/h8-19,31H,6-7,20H2,1-5H3/b29-19+/t31-/m0/s1. The highest BCUT2D eigenvalue weighted by atomic mass is 32.1. The molecule has 1 amide bonds. The second kappa shape index (κ2) is 13.8.